The minimum atomic E-state index is -3.78. The van der Waals surface area contributed by atoms with Crippen LogP contribution in [0.3, 0.4) is 0 Å². The molecule has 2 heterocycles. The second kappa shape index (κ2) is 8.19. The number of carbonyl (C=O) groups is 1. The first-order valence-corrected chi connectivity index (χ1v) is 11.6. The summed E-state index contributed by atoms with van der Waals surface area (Å²) in [6.45, 7) is 3.64. The van der Waals surface area contributed by atoms with Crippen LogP contribution in [0.1, 0.15) is 19.4 Å². The summed E-state index contributed by atoms with van der Waals surface area (Å²) in [5, 5.41) is -0.479. The Balaban J connectivity index is 2.34. The van der Waals surface area contributed by atoms with Crippen molar-refractivity contribution >= 4 is 48.8 Å². The first-order valence-electron chi connectivity index (χ1n) is 9.12. The van der Waals surface area contributed by atoms with E-state index in [0.717, 1.165) is 14.6 Å². The number of nitrogens with zero attached hydrogens (tertiary/aromatic N) is 5. The fourth-order valence-corrected chi connectivity index (χ4v) is 3.80. The number of benzene rings is 1. The standard InChI is InChI=1S/C18H21BrN6O4S/c1-4-23(3)17(26)25-13-14(20)21-16(30(28,29)5-2)22-15(13)24(18(25)27)10-11-6-8-12(19)9-7-11/h6-9H,4-5,10H2,1-3H3,(H2,20,21,22). The van der Waals surface area contributed by atoms with Gasteiger partial charge in [-0.25, -0.2) is 22.6 Å². The zero-order chi connectivity index (χ0) is 22.2. The summed E-state index contributed by atoms with van der Waals surface area (Å²) < 4.78 is 27.6. The highest BCUT2D eigenvalue weighted by Gasteiger charge is 2.27. The van der Waals surface area contributed by atoms with Crippen LogP contribution in [-0.4, -0.2) is 57.8 Å². The van der Waals surface area contributed by atoms with Crippen molar-refractivity contribution in [3.8, 4) is 0 Å². The van der Waals surface area contributed by atoms with Crippen LogP contribution in [0.4, 0.5) is 10.6 Å². The normalized spacial score (nSPS) is 11.7. The molecule has 0 atom stereocenters. The molecule has 0 saturated heterocycles. The first-order chi connectivity index (χ1) is 14.1. The number of carbonyl (C=O) groups excluding carboxylic acids is 1. The molecule has 0 aliphatic carbocycles. The Morgan fingerprint density at radius 2 is 1.83 bits per heavy atom. The zero-order valence-corrected chi connectivity index (χ0v) is 19.1. The summed E-state index contributed by atoms with van der Waals surface area (Å²) in [6, 6.07) is 6.61. The van der Waals surface area contributed by atoms with Gasteiger partial charge in [0.25, 0.3) is 5.16 Å². The molecule has 0 saturated carbocycles. The van der Waals surface area contributed by atoms with Gasteiger partial charge in [0.2, 0.25) is 9.84 Å². The Labute approximate surface area is 181 Å². The van der Waals surface area contributed by atoms with Crippen LogP contribution < -0.4 is 11.4 Å². The second-order valence-electron chi connectivity index (χ2n) is 6.59. The smallest absolute Gasteiger partial charge is 0.339 e. The van der Waals surface area contributed by atoms with Crippen molar-refractivity contribution in [1.29, 1.82) is 0 Å². The second-order valence-corrected chi connectivity index (χ2v) is 9.68. The van der Waals surface area contributed by atoms with Crippen molar-refractivity contribution in [2.45, 2.75) is 25.5 Å². The quantitative estimate of drug-likeness (QED) is 0.531. The van der Waals surface area contributed by atoms with E-state index < -0.39 is 26.7 Å². The van der Waals surface area contributed by atoms with Crippen LogP contribution in [0.2, 0.25) is 0 Å². The lowest BCUT2D eigenvalue weighted by molar-refractivity contribution is 0.212. The molecule has 0 aliphatic heterocycles. The molecule has 0 bridgehead atoms. The van der Waals surface area contributed by atoms with Crippen molar-refractivity contribution in [3.63, 3.8) is 0 Å². The van der Waals surface area contributed by atoms with Crippen LogP contribution >= 0.6 is 15.9 Å². The lowest BCUT2D eigenvalue weighted by Crippen LogP contribution is -2.38. The number of sulfone groups is 1. The average molecular weight is 497 g/mol. The van der Waals surface area contributed by atoms with E-state index in [1.165, 1.54) is 16.4 Å². The molecule has 2 N–H and O–H groups in total. The molecule has 0 radical (unpaired) electrons. The van der Waals surface area contributed by atoms with Gasteiger partial charge in [-0.15, -0.1) is 0 Å². The van der Waals surface area contributed by atoms with Gasteiger partial charge in [-0.05, 0) is 24.6 Å². The highest BCUT2D eigenvalue weighted by molar-refractivity contribution is 9.10. The molecule has 3 aromatic rings. The molecule has 0 fully saturated rings. The molecular formula is C18H21BrN6O4S. The maximum Gasteiger partial charge on any atom is 0.339 e. The van der Waals surface area contributed by atoms with Gasteiger partial charge in [0.15, 0.2) is 11.5 Å². The molecule has 0 unspecified atom stereocenters. The number of hydrogen-bond acceptors (Lipinski definition) is 7. The zero-order valence-electron chi connectivity index (χ0n) is 16.7. The van der Waals surface area contributed by atoms with E-state index >= 15 is 0 Å². The number of halogens is 1. The predicted molar refractivity (Wildman–Crippen MR) is 116 cm³/mol. The number of nitrogens with two attached hydrogens (primary N) is 1. The first kappa shape index (κ1) is 22.0. The van der Waals surface area contributed by atoms with E-state index in [0.29, 0.717) is 6.54 Å². The summed E-state index contributed by atoms with van der Waals surface area (Å²) in [7, 11) is -2.24. The molecule has 160 valence electrons. The third-order valence-corrected chi connectivity index (χ3v) is 6.71. The van der Waals surface area contributed by atoms with Crippen LogP contribution in [0.5, 0.6) is 0 Å². The van der Waals surface area contributed by atoms with Gasteiger partial charge >= 0.3 is 11.7 Å². The van der Waals surface area contributed by atoms with Crippen molar-refractivity contribution in [3.05, 3.63) is 44.8 Å². The van der Waals surface area contributed by atoms with Gasteiger partial charge in [-0.1, -0.05) is 35.0 Å². The Morgan fingerprint density at radius 3 is 2.40 bits per heavy atom. The molecule has 10 nitrogen and oxygen atoms in total. The van der Waals surface area contributed by atoms with Gasteiger partial charge in [0.05, 0.1) is 12.3 Å². The van der Waals surface area contributed by atoms with E-state index in [1.807, 2.05) is 12.1 Å². The maximum absolute atomic E-state index is 13.2. The SMILES string of the molecule is CCN(C)C(=O)n1c(=O)n(Cc2ccc(Br)cc2)c2nc(S(=O)(=O)CC)nc(N)c21. The van der Waals surface area contributed by atoms with Crippen molar-refractivity contribution in [2.75, 3.05) is 25.1 Å². The molecular weight excluding hydrogens is 476 g/mol. The van der Waals surface area contributed by atoms with Crippen molar-refractivity contribution in [1.82, 2.24) is 24.0 Å². The number of imidazole rings is 1. The van der Waals surface area contributed by atoms with E-state index in [2.05, 4.69) is 25.9 Å². The fraction of sp³-hybridized carbons (Fsp3) is 0.333. The number of nitrogen functional groups attached to an aromatic ring is 1. The van der Waals surface area contributed by atoms with Crippen LogP contribution in [-0.2, 0) is 16.4 Å². The highest BCUT2D eigenvalue weighted by atomic mass is 79.9. The number of hydrogen-bond donors (Lipinski definition) is 1. The van der Waals surface area contributed by atoms with E-state index in [-0.39, 0.29) is 29.3 Å². The van der Waals surface area contributed by atoms with E-state index in [9.17, 15) is 18.0 Å². The Bertz CT molecular complexity index is 1280. The third kappa shape index (κ3) is 3.84. The maximum atomic E-state index is 13.2. The summed E-state index contributed by atoms with van der Waals surface area (Å²) in [4.78, 5) is 35.4. The Hall–Kier alpha value is -2.73. The lowest BCUT2D eigenvalue weighted by atomic mass is 10.2. The summed E-state index contributed by atoms with van der Waals surface area (Å²) in [5.74, 6) is -0.482. The molecule has 30 heavy (non-hydrogen) atoms. The van der Waals surface area contributed by atoms with E-state index in [4.69, 9.17) is 5.73 Å². The molecule has 3 rings (SSSR count). The summed E-state index contributed by atoms with van der Waals surface area (Å²) >= 11 is 3.35. The monoisotopic (exact) mass is 496 g/mol. The minimum Gasteiger partial charge on any atom is -0.382 e. The van der Waals surface area contributed by atoms with Gasteiger partial charge in [0.1, 0.15) is 5.52 Å². The van der Waals surface area contributed by atoms with Crippen molar-refractivity contribution in [2.24, 2.45) is 0 Å². The molecule has 1 aromatic carbocycles. The molecule has 0 spiro atoms. The van der Waals surface area contributed by atoms with E-state index in [1.54, 1.807) is 26.1 Å². The average Bonchev–Trinajstić information content (AvgIpc) is 3.00. The van der Waals surface area contributed by atoms with Crippen molar-refractivity contribution < 1.29 is 13.2 Å². The molecule has 2 aromatic heterocycles. The van der Waals surface area contributed by atoms with Crippen LogP contribution in [0, 0.1) is 0 Å². The number of anilines is 1. The summed E-state index contributed by atoms with van der Waals surface area (Å²) in [6.07, 6.45) is 0. The Kier molecular flexibility index (Phi) is 5.99. The largest absolute Gasteiger partial charge is 0.382 e. The third-order valence-electron chi connectivity index (χ3n) is 4.68. The van der Waals surface area contributed by atoms with Crippen LogP contribution in [0.15, 0.2) is 38.7 Å². The highest BCUT2D eigenvalue weighted by Crippen LogP contribution is 2.21. The molecule has 12 heteroatoms. The van der Waals surface area contributed by atoms with Gasteiger partial charge in [-0.2, -0.15) is 9.97 Å². The minimum absolute atomic E-state index is 0.0136. The van der Waals surface area contributed by atoms with Gasteiger partial charge in [0, 0.05) is 18.1 Å². The number of aromatic nitrogens is 4. The summed E-state index contributed by atoms with van der Waals surface area (Å²) in [5.41, 5.74) is 6.07. The number of fused-ring (bicyclic) bond motifs is 1. The van der Waals surface area contributed by atoms with Gasteiger partial charge < -0.3 is 10.6 Å². The topological polar surface area (TPSA) is 133 Å². The Morgan fingerprint density at radius 1 is 1.20 bits per heavy atom. The van der Waals surface area contributed by atoms with Gasteiger partial charge in [-0.3, -0.25) is 4.57 Å². The predicted octanol–water partition coefficient (Wildman–Crippen LogP) is 1.70. The molecule has 1 amide bonds. The number of amides is 1. The van der Waals surface area contributed by atoms with Crippen LogP contribution in [0.25, 0.3) is 11.2 Å². The fourth-order valence-electron chi connectivity index (χ4n) is 2.82. The molecule has 0 aliphatic rings. The lowest BCUT2D eigenvalue weighted by Gasteiger charge is -2.14. The number of rotatable bonds is 5.